The van der Waals surface area contributed by atoms with Crippen LogP contribution in [-0.2, 0) is 0 Å². The molecule has 0 aromatic carbocycles. The van der Waals surface area contributed by atoms with Gasteiger partial charge in [0.15, 0.2) is 0 Å². The van der Waals surface area contributed by atoms with Crippen LogP contribution in [0.4, 0.5) is 0 Å². The molecule has 0 saturated heterocycles. The summed E-state index contributed by atoms with van der Waals surface area (Å²) in [7, 11) is 0. The number of hydrogen-bond donors (Lipinski definition) is 1. The largest absolute Gasteiger partial charge is 0.308 e. The molecule has 10 heavy (non-hydrogen) atoms. The minimum absolute atomic E-state index is 0.864. The first-order valence-corrected chi connectivity index (χ1v) is 3.46. The van der Waals surface area contributed by atoms with Gasteiger partial charge in [0, 0.05) is 18.6 Å². The minimum atomic E-state index is 0.864. The summed E-state index contributed by atoms with van der Waals surface area (Å²) in [5, 5.41) is 6.72. The number of nitrogens with one attached hydrogen (secondary N) is 1. The Hall–Kier alpha value is -0.920. The highest BCUT2D eigenvalue weighted by molar-refractivity contribution is 5.74. The normalized spacial score (nSPS) is 10.6. The molecule has 0 radical (unpaired) electrons. The second kappa shape index (κ2) is 11.0. The van der Waals surface area contributed by atoms with Crippen LogP contribution < -0.4 is 0 Å². The number of aliphatic imine (C=N–C) groups is 1. The van der Waals surface area contributed by atoms with E-state index in [1.54, 1.807) is 12.4 Å². The summed E-state index contributed by atoms with van der Waals surface area (Å²) < 4.78 is 0. The van der Waals surface area contributed by atoms with Gasteiger partial charge < -0.3 is 5.41 Å². The lowest BCUT2D eigenvalue weighted by Gasteiger charge is -1.79. The van der Waals surface area contributed by atoms with Gasteiger partial charge in [0.2, 0.25) is 0 Å². The van der Waals surface area contributed by atoms with Crippen molar-refractivity contribution in [2.45, 2.75) is 27.7 Å². The van der Waals surface area contributed by atoms with E-state index in [0.717, 1.165) is 5.57 Å². The molecule has 0 aliphatic carbocycles. The van der Waals surface area contributed by atoms with E-state index in [4.69, 9.17) is 5.41 Å². The quantitative estimate of drug-likeness (QED) is 0.572. The van der Waals surface area contributed by atoms with Crippen molar-refractivity contribution in [1.82, 2.24) is 0 Å². The van der Waals surface area contributed by atoms with Crippen LogP contribution >= 0.6 is 0 Å². The Bertz CT molecular complexity index is 123. The molecule has 0 saturated carbocycles. The summed E-state index contributed by atoms with van der Waals surface area (Å²) in [6.45, 7) is 7.67. The van der Waals surface area contributed by atoms with Gasteiger partial charge in [-0.05, 0) is 19.4 Å². The van der Waals surface area contributed by atoms with Crippen molar-refractivity contribution in [3.05, 3.63) is 11.8 Å². The van der Waals surface area contributed by atoms with Crippen LogP contribution in [0.5, 0.6) is 0 Å². The van der Waals surface area contributed by atoms with Crippen LogP contribution in [0.15, 0.2) is 16.8 Å². The molecule has 0 aliphatic rings. The first-order valence-electron chi connectivity index (χ1n) is 3.46. The summed E-state index contributed by atoms with van der Waals surface area (Å²) in [4.78, 5) is 3.80. The fraction of sp³-hybridized carbons (Fsp3) is 0.500. The lowest BCUT2D eigenvalue weighted by atomic mass is 10.4. The second-order valence-electron chi connectivity index (χ2n) is 1.42. The second-order valence-corrected chi connectivity index (χ2v) is 1.42. The minimum Gasteiger partial charge on any atom is -0.308 e. The van der Waals surface area contributed by atoms with Crippen molar-refractivity contribution in [3.8, 4) is 0 Å². The van der Waals surface area contributed by atoms with Crippen LogP contribution in [0.2, 0.25) is 0 Å². The van der Waals surface area contributed by atoms with Gasteiger partial charge in [-0.25, -0.2) is 0 Å². The average Bonchev–Trinajstić information content (AvgIpc) is 2.04. The van der Waals surface area contributed by atoms with E-state index in [2.05, 4.69) is 4.99 Å². The molecule has 0 atom stereocenters. The fourth-order valence-electron chi connectivity index (χ4n) is 0.229. The van der Waals surface area contributed by atoms with Crippen LogP contribution in [0, 0.1) is 5.41 Å². The molecule has 0 aromatic heterocycles. The maximum atomic E-state index is 6.72. The molecule has 0 aliphatic heterocycles. The molecule has 0 aromatic rings. The number of hydrogen-bond acceptors (Lipinski definition) is 2. The highest BCUT2D eigenvalue weighted by Gasteiger charge is 1.72. The first-order chi connectivity index (χ1) is 4.81. The highest BCUT2D eigenvalue weighted by atomic mass is 14.7. The third-order valence-corrected chi connectivity index (χ3v) is 0.655. The van der Waals surface area contributed by atoms with Crippen molar-refractivity contribution >= 4 is 12.4 Å². The number of nitrogens with zero attached hydrogens (tertiary/aromatic N) is 1. The van der Waals surface area contributed by atoms with Crippen LogP contribution in [-0.4, -0.2) is 12.4 Å². The number of rotatable bonds is 2. The van der Waals surface area contributed by atoms with Crippen LogP contribution in [0.25, 0.3) is 0 Å². The lowest BCUT2D eigenvalue weighted by molar-refractivity contribution is 1.44. The molecule has 2 nitrogen and oxygen atoms in total. The van der Waals surface area contributed by atoms with Gasteiger partial charge in [-0.3, -0.25) is 4.99 Å². The summed E-state index contributed by atoms with van der Waals surface area (Å²) in [5.74, 6) is 0. The monoisotopic (exact) mass is 140 g/mol. The Morgan fingerprint density at radius 1 is 1.40 bits per heavy atom. The molecule has 2 heteroatoms. The maximum Gasteiger partial charge on any atom is 0.0308 e. The number of allylic oxidation sites excluding steroid dienone is 1. The smallest absolute Gasteiger partial charge is 0.0308 e. The highest BCUT2D eigenvalue weighted by Crippen LogP contribution is 1.84. The van der Waals surface area contributed by atoms with Gasteiger partial charge >= 0.3 is 0 Å². The van der Waals surface area contributed by atoms with E-state index < -0.39 is 0 Å². The third kappa shape index (κ3) is 10.1. The molecular weight excluding hydrogens is 124 g/mol. The Balaban J connectivity index is 0. The van der Waals surface area contributed by atoms with E-state index in [0.29, 0.717) is 0 Å². The van der Waals surface area contributed by atoms with Crippen LogP contribution in [0.3, 0.4) is 0 Å². The standard InChI is InChI=1S/C6H10N2.C2H6/c1-3-8-5-6(2)4-7;1-2/h3-5,7H,1-2H3;1-2H3/b6-5-,7-4?,8-3?;. The van der Waals surface area contributed by atoms with Gasteiger partial charge in [0.1, 0.15) is 0 Å². The Morgan fingerprint density at radius 3 is 2.20 bits per heavy atom. The van der Waals surface area contributed by atoms with Crippen molar-refractivity contribution in [2.75, 3.05) is 0 Å². The van der Waals surface area contributed by atoms with E-state index >= 15 is 0 Å². The molecule has 0 bridgehead atoms. The van der Waals surface area contributed by atoms with E-state index in [-0.39, 0.29) is 0 Å². The zero-order chi connectivity index (χ0) is 8.41. The third-order valence-electron chi connectivity index (χ3n) is 0.655. The zero-order valence-electron chi connectivity index (χ0n) is 7.18. The Labute approximate surface area is 63.2 Å². The Morgan fingerprint density at radius 2 is 1.90 bits per heavy atom. The molecule has 0 amide bonds. The first kappa shape index (κ1) is 11.8. The topological polar surface area (TPSA) is 36.2 Å². The van der Waals surface area contributed by atoms with E-state index in [9.17, 15) is 0 Å². The van der Waals surface area contributed by atoms with Gasteiger partial charge in [-0.2, -0.15) is 0 Å². The van der Waals surface area contributed by atoms with Crippen LogP contribution in [0.1, 0.15) is 27.7 Å². The average molecular weight is 140 g/mol. The molecule has 0 spiro atoms. The van der Waals surface area contributed by atoms with Crippen molar-refractivity contribution in [2.24, 2.45) is 4.99 Å². The summed E-state index contributed by atoms with van der Waals surface area (Å²) in [6, 6.07) is 0. The maximum absolute atomic E-state index is 6.72. The predicted molar refractivity (Wildman–Crippen MR) is 48.1 cm³/mol. The molecule has 1 N–H and O–H groups in total. The molecule has 0 heterocycles. The van der Waals surface area contributed by atoms with E-state index in [1.807, 2.05) is 27.7 Å². The van der Waals surface area contributed by atoms with Gasteiger partial charge in [-0.15, -0.1) is 0 Å². The van der Waals surface area contributed by atoms with Gasteiger partial charge in [0.25, 0.3) is 0 Å². The SMILES string of the molecule is CC.CC=N/C=C(/C)C=N. The zero-order valence-corrected chi connectivity index (χ0v) is 7.18. The molecule has 0 unspecified atom stereocenters. The van der Waals surface area contributed by atoms with Gasteiger partial charge in [0.05, 0.1) is 0 Å². The summed E-state index contributed by atoms with van der Waals surface area (Å²) in [5.41, 5.74) is 0.864. The molecule has 0 rings (SSSR count). The Kier molecular flexibility index (Phi) is 13.0. The van der Waals surface area contributed by atoms with Gasteiger partial charge in [-0.1, -0.05) is 13.8 Å². The summed E-state index contributed by atoms with van der Waals surface area (Å²) >= 11 is 0. The van der Waals surface area contributed by atoms with E-state index in [1.165, 1.54) is 6.21 Å². The van der Waals surface area contributed by atoms with Crippen molar-refractivity contribution in [1.29, 1.82) is 5.41 Å². The van der Waals surface area contributed by atoms with Crippen molar-refractivity contribution in [3.63, 3.8) is 0 Å². The predicted octanol–water partition coefficient (Wildman–Crippen LogP) is 2.66. The lowest BCUT2D eigenvalue weighted by Crippen LogP contribution is -1.71. The fourth-order valence-corrected chi connectivity index (χ4v) is 0.229. The molecular formula is C8H16N2. The molecule has 0 fully saturated rings. The van der Waals surface area contributed by atoms with Crippen molar-refractivity contribution < 1.29 is 0 Å². The molecule has 58 valence electrons. The summed E-state index contributed by atoms with van der Waals surface area (Å²) in [6.07, 6.45) is 4.60.